The summed E-state index contributed by atoms with van der Waals surface area (Å²) >= 11 is 0. The van der Waals surface area contributed by atoms with Gasteiger partial charge in [-0.05, 0) is 37.5 Å². The molecule has 2 amide bonds. The highest BCUT2D eigenvalue weighted by Gasteiger charge is 2.13. The molecule has 0 saturated heterocycles. The van der Waals surface area contributed by atoms with Gasteiger partial charge in [0.05, 0.1) is 10.9 Å². The van der Waals surface area contributed by atoms with Gasteiger partial charge in [0.15, 0.2) is 0 Å². The van der Waals surface area contributed by atoms with Crippen molar-refractivity contribution < 1.29 is 13.2 Å². The number of carbonyl (C=O) groups is 1. The number of nitrogens with one attached hydrogen (secondary N) is 2. The molecule has 120 valence electrons. The van der Waals surface area contributed by atoms with E-state index in [1.807, 2.05) is 0 Å². The van der Waals surface area contributed by atoms with Gasteiger partial charge in [-0.2, -0.15) is 0 Å². The van der Waals surface area contributed by atoms with Gasteiger partial charge in [-0.3, -0.25) is 0 Å². The quantitative estimate of drug-likeness (QED) is 0.523. The van der Waals surface area contributed by atoms with Gasteiger partial charge < -0.3 is 10.6 Å². The van der Waals surface area contributed by atoms with E-state index >= 15 is 0 Å². The lowest BCUT2D eigenvalue weighted by Crippen LogP contribution is -2.37. The van der Waals surface area contributed by atoms with Crippen LogP contribution in [0.5, 0.6) is 0 Å². The van der Waals surface area contributed by atoms with E-state index in [-0.39, 0.29) is 17.0 Å². The molecular weight excluding hydrogens is 302 g/mol. The molecule has 0 fully saturated rings. The Morgan fingerprint density at radius 2 is 2.14 bits per heavy atom. The molecule has 7 heteroatoms. The molecule has 0 bridgehead atoms. The third kappa shape index (κ3) is 6.16. The van der Waals surface area contributed by atoms with E-state index in [1.165, 1.54) is 12.1 Å². The molecule has 0 unspecified atom stereocenters. The fourth-order valence-corrected chi connectivity index (χ4v) is 2.41. The van der Waals surface area contributed by atoms with Crippen molar-refractivity contribution in [2.24, 2.45) is 5.14 Å². The minimum Gasteiger partial charge on any atom is -0.338 e. The molecule has 0 aliphatic carbocycles. The van der Waals surface area contributed by atoms with Gasteiger partial charge >= 0.3 is 6.03 Å². The van der Waals surface area contributed by atoms with Crippen LogP contribution in [-0.2, 0) is 10.0 Å². The van der Waals surface area contributed by atoms with Crippen LogP contribution in [0.1, 0.15) is 37.8 Å². The highest BCUT2D eigenvalue weighted by Crippen LogP contribution is 2.16. The second-order valence-corrected chi connectivity index (χ2v) is 6.46. The first-order chi connectivity index (χ1) is 10.3. The maximum Gasteiger partial charge on any atom is 0.315 e. The number of carbonyl (C=O) groups excluding carboxylic acids is 1. The minimum absolute atomic E-state index is 0.0216. The fourth-order valence-electron chi connectivity index (χ4n) is 1.85. The number of benzene rings is 1. The van der Waals surface area contributed by atoms with Crippen molar-refractivity contribution in [3.05, 3.63) is 29.8 Å². The Hall–Kier alpha value is -2.04. The van der Waals surface area contributed by atoms with E-state index in [0.29, 0.717) is 18.5 Å². The molecule has 4 N–H and O–H groups in total. The Labute approximate surface area is 131 Å². The van der Waals surface area contributed by atoms with Crippen LogP contribution < -0.4 is 15.8 Å². The predicted molar refractivity (Wildman–Crippen MR) is 85.4 cm³/mol. The Kier molecular flexibility index (Phi) is 6.89. The van der Waals surface area contributed by atoms with E-state index in [9.17, 15) is 13.2 Å². The summed E-state index contributed by atoms with van der Waals surface area (Å²) in [6, 6.07) is 5.53. The standard InChI is InChI=1S/C15H21N3O3S/c1-3-4-5-6-10-17-15(19)18-12(2)13-8-7-9-14(11-13)22(16,20)21/h1,7-9,11-12H,4-6,10H2,2H3,(H2,16,20,21)(H2,17,18,19)/t12-/m1/s1. The smallest absolute Gasteiger partial charge is 0.315 e. The number of rotatable bonds is 7. The first-order valence-electron chi connectivity index (χ1n) is 6.95. The number of primary sulfonamides is 1. The summed E-state index contributed by atoms with van der Waals surface area (Å²) in [5.41, 5.74) is 0.661. The monoisotopic (exact) mass is 323 g/mol. The van der Waals surface area contributed by atoms with Crippen molar-refractivity contribution >= 4 is 16.1 Å². The van der Waals surface area contributed by atoms with Crippen molar-refractivity contribution in [3.8, 4) is 12.3 Å². The zero-order chi connectivity index (χ0) is 16.6. The van der Waals surface area contributed by atoms with E-state index in [4.69, 9.17) is 11.6 Å². The highest BCUT2D eigenvalue weighted by molar-refractivity contribution is 7.89. The molecule has 0 aliphatic rings. The average molecular weight is 323 g/mol. The first-order valence-corrected chi connectivity index (χ1v) is 8.50. The summed E-state index contributed by atoms with van der Waals surface area (Å²) in [7, 11) is -3.75. The topological polar surface area (TPSA) is 101 Å². The molecule has 0 aliphatic heterocycles. The number of urea groups is 1. The maximum atomic E-state index is 11.7. The van der Waals surface area contributed by atoms with Gasteiger partial charge in [-0.25, -0.2) is 18.4 Å². The van der Waals surface area contributed by atoms with Gasteiger partial charge in [0.2, 0.25) is 10.0 Å². The summed E-state index contributed by atoms with van der Waals surface area (Å²) in [5.74, 6) is 2.54. The molecule has 22 heavy (non-hydrogen) atoms. The molecule has 6 nitrogen and oxygen atoms in total. The van der Waals surface area contributed by atoms with Gasteiger partial charge in [0.25, 0.3) is 0 Å². The third-order valence-corrected chi connectivity index (χ3v) is 3.98. The number of sulfonamides is 1. The molecule has 1 rings (SSSR count). The summed E-state index contributed by atoms with van der Waals surface area (Å²) in [4.78, 5) is 11.8. The van der Waals surface area contributed by atoms with Gasteiger partial charge in [0.1, 0.15) is 0 Å². The molecule has 0 heterocycles. The van der Waals surface area contributed by atoms with Crippen molar-refractivity contribution in [1.29, 1.82) is 0 Å². The number of hydrogen-bond acceptors (Lipinski definition) is 3. The van der Waals surface area contributed by atoms with E-state index in [1.54, 1.807) is 19.1 Å². The largest absolute Gasteiger partial charge is 0.338 e. The Morgan fingerprint density at radius 1 is 1.41 bits per heavy atom. The molecule has 1 atom stereocenters. The Balaban J connectivity index is 2.53. The van der Waals surface area contributed by atoms with E-state index in [0.717, 1.165) is 12.8 Å². The predicted octanol–water partition coefficient (Wildman–Crippen LogP) is 1.50. The Bertz CT molecular complexity index is 650. The average Bonchev–Trinajstić information content (AvgIpc) is 2.46. The number of amides is 2. The van der Waals surface area contributed by atoms with Crippen LogP contribution in [0.2, 0.25) is 0 Å². The van der Waals surface area contributed by atoms with Gasteiger partial charge in [0, 0.05) is 13.0 Å². The molecule has 1 aromatic rings. The Morgan fingerprint density at radius 3 is 2.77 bits per heavy atom. The second kappa shape index (κ2) is 8.41. The zero-order valence-corrected chi connectivity index (χ0v) is 13.3. The van der Waals surface area contributed by atoms with Crippen LogP contribution in [0, 0.1) is 12.3 Å². The SMILES string of the molecule is C#CCCCCNC(=O)N[C@H](C)c1cccc(S(N)(=O)=O)c1. The van der Waals surface area contributed by atoms with Crippen LogP contribution in [0.4, 0.5) is 4.79 Å². The zero-order valence-electron chi connectivity index (χ0n) is 12.5. The highest BCUT2D eigenvalue weighted by atomic mass is 32.2. The summed E-state index contributed by atoms with van der Waals surface area (Å²) in [6.07, 6.45) is 7.51. The van der Waals surface area contributed by atoms with Crippen molar-refractivity contribution in [2.45, 2.75) is 37.1 Å². The third-order valence-electron chi connectivity index (χ3n) is 3.07. The lowest BCUT2D eigenvalue weighted by atomic mass is 10.1. The maximum absolute atomic E-state index is 11.7. The number of unbranched alkanes of at least 4 members (excludes halogenated alkanes) is 2. The van der Waals surface area contributed by atoms with E-state index < -0.39 is 10.0 Å². The van der Waals surface area contributed by atoms with Gasteiger partial charge in [-0.1, -0.05) is 12.1 Å². The normalized spacial score (nSPS) is 12.2. The van der Waals surface area contributed by atoms with Crippen molar-refractivity contribution in [2.75, 3.05) is 6.54 Å². The summed E-state index contributed by atoms with van der Waals surface area (Å²) in [5, 5.41) is 10.6. The fraction of sp³-hybridized carbons (Fsp3) is 0.400. The van der Waals surface area contributed by atoms with Crippen molar-refractivity contribution in [1.82, 2.24) is 10.6 Å². The lowest BCUT2D eigenvalue weighted by molar-refractivity contribution is 0.237. The lowest BCUT2D eigenvalue weighted by Gasteiger charge is -2.15. The molecule has 0 aromatic heterocycles. The number of nitrogens with two attached hydrogens (primary N) is 1. The van der Waals surface area contributed by atoms with Crippen LogP contribution >= 0.6 is 0 Å². The van der Waals surface area contributed by atoms with Gasteiger partial charge in [-0.15, -0.1) is 12.3 Å². The second-order valence-electron chi connectivity index (χ2n) is 4.90. The van der Waals surface area contributed by atoms with Crippen molar-refractivity contribution in [3.63, 3.8) is 0 Å². The van der Waals surface area contributed by atoms with Crippen LogP contribution in [0.15, 0.2) is 29.2 Å². The van der Waals surface area contributed by atoms with Crippen LogP contribution in [0.25, 0.3) is 0 Å². The van der Waals surface area contributed by atoms with Crippen LogP contribution in [-0.4, -0.2) is 21.0 Å². The summed E-state index contributed by atoms with van der Waals surface area (Å²) in [6.45, 7) is 2.30. The molecular formula is C15H21N3O3S. The van der Waals surface area contributed by atoms with E-state index in [2.05, 4.69) is 16.6 Å². The number of terminal acetylenes is 1. The van der Waals surface area contributed by atoms with Crippen LogP contribution in [0.3, 0.4) is 0 Å². The molecule has 0 spiro atoms. The minimum atomic E-state index is -3.75. The molecule has 0 saturated carbocycles. The summed E-state index contributed by atoms with van der Waals surface area (Å²) < 4.78 is 22.6. The first kappa shape index (κ1) is 18.0. The molecule has 1 aromatic carbocycles. The number of hydrogen-bond donors (Lipinski definition) is 3. The molecule has 0 radical (unpaired) electrons.